The highest BCUT2D eigenvalue weighted by Gasteiger charge is 2.40. The molecule has 10 amide bonds. The van der Waals surface area contributed by atoms with Gasteiger partial charge in [0.1, 0.15) is 54.4 Å². The number of nitrogens with one attached hydrogen (secondary N) is 9. The first-order valence-electron chi connectivity index (χ1n) is 30.6. The molecule has 89 heavy (non-hydrogen) atoms. The van der Waals surface area contributed by atoms with Gasteiger partial charge in [-0.3, -0.25) is 52.9 Å². The number of hydrogen-bond donors (Lipinski definition) is 16. The van der Waals surface area contributed by atoms with E-state index in [0.717, 1.165) is 10.9 Å². The van der Waals surface area contributed by atoms with Crippen molar-refractivity contribution in [2.24, 2.45) is 51.4 Å². The standard InChI is InChI=1S/C59H98N16O12S2/c1-8-33(5)47(73-51(79)40(19-14-25-65-59(63)64)67-53(81)44(31-88)72-54(82)45-20-15-26-75(45)57(85)37(61)28-32(3)4)55(83)70-39(18-12-13-24-60)49(77)68-41(21-22-46(62)76)50(78)69-42(23-27-89-7)52(80)74-48(34(6)9-2)56(84)71-43(58(86)87)29-35-30-66-38-17-11-10-16-36(35)38/h10-11,16-17,30,32-34,37,39-45,47-48,66,88H,8-9,12-15,18-29,31,60-61H2,1-7H3,(H2,62,76)(H,67,81)(H,68,77)(H,69,78)(H,70,83)(H,71,84)(H,72,82)(H,73,79)(H,74,80)(H,86,87)(H4,63,64,65)/t33-,34-,37-,39-,40-,41-,42-,43-,44-,45-,47-,48-/m0/s1. The summed E-state index contributed by atoms with van der Waals surface area (Å²) in [4.78, 5) is 160. The van der Waals surface area contributed by atoms with Crippen LogP contribution in [0.3, 0.4) is 0 Å². The van der Waals surface area contributed by atoms with Crippen LogP contribution in [0.25, 0.3) is 10.9 Å². The Labute approximate surface area is 531 Å². The fourth-order valence-corrected chi connectivity index (χ4v) is 10.9. The highest BCUT2D eigenvalue weighted by molar-refractivity contribution is 7.98. The van der Waals surface area contributed by atoms with Gasteiger partial charge in [-0.05, 0) is 112 Å². The molecular formula is C59H98N16O12S2. The summed E-state index contributed by atoms with van der Waals surface area (Å²) in [5.74, 6) is -9.90. The van der Waals surface area contributed by atoms with Crippen molar-refractivity contribution >= 4 is 106 Å². The number of benzene rings is 1. The first kappa shape index (κ1) is 76.1. The van der Waals surface area contributed by atoms with Crippen molar-refractivity contribution < 1.29 is 57.8 Å². The van der Waals surface area contributed by atoms with Crippen LogP contribution >= 0.6 is 24.4 Å². The number of likely N-dealkylation sites (tertiary alicyclic amines) is 1. The second kappa shape index (κ2) is 39.1. The number of thiol groups is 1. The van der Waals surface area contributed by atoms with Gasteiger partial charge in [0, 0.05) is 48.8 Å². The second-order valence-electron chi connectivity index (χ2n) is 23.1. The van der Waals surface area contributed by atoms with Crippen molar-refractivity contribution in [3.05, 3.63) is 36.0 Å². The van der Waals surface area contributed by atoms with Gasteiger partial charge in [0.25, 0.3) is 0 Å². The zero-order chi connectivity index (χ0) is 66.5. The average Bonchev–Trinajstić information content (AvgIpc) is 3.12. The van der Waals surface area contributed by atoms with Crippen LogP contribution in [0.2, 0.25) is 0 Å². The number of fused-ring (bicyclic) bond motifs is 1. The third-order valence-corrected chi connectivity index (χ3v) is 16.7. The lowest BCUT2D eigenvalue weighted by Gasteiger charge is -2.30. The number of amides is 10. The normalized spacial score (nSPS) is 16.8. The lowest BCUT2D eigenvalue weighted by atomic mass is 9.96. The van der Waals surface area contributed by atoms with Crippen LogP contribution < -0.4 is 71.2 Å². The number of hydrogen-bond acceptors (Lipinski definition) is 16. The van der Waals surface area contributed by atoms with Gasteiger partial charge < -0.3 is 86.2 Å². The molecular weight excluding hydrogens is 1190 g/mol. The van der Waals surface area contributed by atoms with Crippen LogP contribution in [-0.4, -0.2) is 184 Å². The number of unbranched alkanes of at least 4 members (excludes halogenated alkanes) is 1. The van der Waals surface area contributed by atoms with Gasteiger partial charge in [0.05, 0.1) is 6.04 Å². The summed E-state index contributed by atoms with van der Waals surface area (Å²) in [6.07, 6.45) is 5.48. The van der Waals surface area contributed by atoms with Gasteiger partial charge >= 0.3 is 5.97 Å². The minimum absolute atomic E-state index is 0.0136. The number of carboxylic acid groups (broad SMARTS) is 1. The van der Waals surface area contributed by atoms with Crippen LogP contribution in [0.4, 0.5) is 0 Å². The zero-order valence-corrected chi connectivity index (χ0v) is 54.1. The third kappa shape index (κ3) is 25.0. The smallest absolute Gasteiger partial charge is 0.326 e. The Hall–Kier alpha value is -7.18. The number of nitrogens with two attached hydrogens (primary N) is 5. The van der Waals surface area contributed by atoms with Crippen LogP contribution in [0.15, 0.2) is 35.5 Å². The fourth-order valence-electron chi connectivity index (χ4n) is 10.2. The zero-order valence-electron chi connectivity index (χ0n) is 52.4. The number of aliphatic carboxylic acids is 1. The number of carbonyl (C=O) groups is 11. The van der Waals surface area contributed by atoms with Crippen LogP contribution in [0, 0.1) is 17.8 Å². The van der Waals surface area contributed by atoms with E-state index in [2.05, 4.69) is 65.1 Å². The van der Waals surface area contributed by atoms with E-state index < -0.39 is 138 Å². The van der Waals surface area contributed by atoms with E-state index in [0.29, 0.717) is 62.8 Å². The first-order chi connectivity index (χ1) is 42.2. The third-order valence-electron chi connectivity index (χ3n) is 15.7. The number of H-pyrrole nitrogens is 1. The number of guanidine groups is 1. The molecule has 30 heteroatoms. The molecule has 2 heterocycles. The van der Waals surface area contributed by atoms with E-state index in [1.54, 1.807) is 40.1 Å². The van der Waals surface area contributed by atoms with Crippen LogP contribution in [0.5, 0.6) is 0 Å². The minimum atomic E-state index is -1.52. The Balaban J connectivity index is 1.88. The second-order valence-corrected chi connectivity index (χ2v) is 24.5. The Kier molecular flexibility index (Phi) is 33.4. The molecule has 0 unspecified atom stereocenters. The molecule has 0 radical (unpaired) electrons. The topological polar surface area (TPSA) is 466 Å². The number of aliphatic imine (C=N–C) groups is 1. The van der Waals surface area contributed by atoms with E-state index in [4.69, 9.17) is 28.7 Å². The minimum Gasteiger partial charge on any atom is -0.480 e. The van der Waals surface area contributed by atoms with E-state index in [1.807, 2.05) is 38.1 Å². The number of primary amides is 1. The average molecular weight is 1290 g/mol. The van der Waals surface area contributed by atoms with Gasteiger partial charge in [-0.1, -0.05) is 72.6 Å². The Morgan fingerprint density at radius 2 is 1.21 bits per heavy atom. The monoisotopic (exact) mass is 1290 g/mol. The van der Waals surface area contributed by atoms with Gasteiger partial charge in [-0.2, -0.15) is 24.4 Å². The molecule has 20 N–H and O–H groups in total. The molecule has 0 spiro atoms. The van der Waals surface area contributed by atoms with Gasteiger partial charge in [0.15, 0.2) is 5.96 Å². The largest absolute Gasteiger partial charge is 0.480 e. The highest BCUT2D eigenvalue weighted by Crippen LogP contribution is 2.22. The van der Waals surface area contributed by atoms with Crippen LogP contribution in [0.1, 0.15) is 131 Å². The van der Waals surface area contributed by atoms with Crippen LogP contribution in [-0.2, 0) is 59.2 Å². The summed E-state index contributed by atoms with van der Waals surface area (Å²) < 4.78 is 0. The lowest BCUT2D eigenvalue weighted by Crippen LogP contribution is -2.61. The predicted molar refractivity (Wildman–Crippen MR) is 344 cm³/mol. The molecule has 0 aliphatic carbocycles. The molecule has 1 saturated heterocycles. The molecule has 1 aromatic carbocycles. The molecule has 12 atom stereocenters. The number of aromatic nitrogens is 1. The summed E-state index contributed by atoms with van der Waals surface area (Å²) in [6.45, 7) is 11.4. The summed E-state index contributed by atoms with van der Waals surface area (Å²) >= 11 is 5.69. The van der Waals surface area contributed by atoms with Crippen molar-refractivity contribution in [2.45, 2.75) is 192 Å². The van der Waals surface area contributed by atoms with E-state index >= 15 is 0 Å². The molecule has 1 aliphatic heterocycles. The molecule has 0 bridgehead atoms. The number of aromatic amines is 1. The fraction of sp³-hybridized carbons (Fsp3) is 0.661. The molecule has 3 rings (SSSR count). The number of thioether (sulfide) groups is 1. The van der Waals surface area contributed by atoms with Crippen molar-refractivity contribution in [3.63, 3.8) is 0 Å². The number of para-hydroxylation sites is 1. The summed E-state index contributed by atoms with van der Waals surface area (Å²) in [5.41, 5.74) is 30.1. The number of rotatable bonds is 41. The number of carboxylic acids is 1. The lowest BCUT2D eigenvalue weighted by molar-refractivity contribution is -0.142. The predicted octanol–water partition coefficient (Wildman–Crippen LogP) is -0.739. The van der Waals surface area contributed by atoms with E-state index in [-0.39, 0.29) is 75.2 Å². The maximum Gasteiger partial charge on any atom is 0.326 e. The van der Waals surface area contributed by atoms with Gasteiger partial charge in [-0.15, -0.1) is 0 Å². The maximum absolute atomic E-state index is 14.5. The van der Waals surface area contributed by atoms with Crippen molar-refractivity contribution in [3.8, 4) is 0 Å². The maximum atomic E-state index is 14.5. The van der Waals surface area contributed by atoms with Gasteiger partial charge in [-0.25, -0.2) is 4.79 Å². The van der Waals surface area contributed by atoms with Crippen molar-refractivity contribution in [2.75, 3.05) is 37.4 Å². The summed E-state index contributed by atoms with van der Waals surface area (Å²) in [5, 5.41) is 32.5. The first-order valence-corrected chi connectivity index (χ1v) is 32.6. The Morgan fingerprint density at radius 1 is 0.697 bits per heavy atom. The molecule has 498 valence electrons. The van der Waals surface area contributed by atoms with Crippen molar-refractivity contribution in [1.29, 1.82) is 0 Å². The molecule has 1 aromatic heterocycles. The highest BCUT2D eigenvalue weighted by atomic mass is 32.2. The Bertz CT molecular complexity index is 2730. The number of carbonyl (C=O) groups excluding carboxylic acids is 10. The summed E-state index contributed by atoms with van der Waals surface area (Å²) in [7, 11) is 0. The molecule has 2 aromatic rings. The molecule has 28 nitrogen and oxygen atoms in total. The quantitative estimate of drug-likeness (QED) is 0.0169. The van der Waals surface area contributed by atoms with Crippen molar-refractivity contribution in [1.82, 2.24) is 52.4 Å². The van der Waals surface area contributed by atoms with Gasteiger partial charge in [0.2, 0.25) is 59.1 Å². The van der Waals surface area contributed by atoms with E-state index in [9.17, 15) is 57.8 Å². The van der Waals surface area contributed by atoms with E-state index in [1.165, 1.54) is 16.7 Å². The molecule has 1 aliphatic rings. The summed E-state index contributed by atoms with van der Waals surface area (Å²) in [6, 6.07) is -5.21. The molecule has 0 saturated carbocycles. The molecule has 1 fully saturated rings. The number of nitrogens with zero attached hydrogens (tertiary/aromatic N) is 2. The Morgan fingerprint density at radius 3 is 1.73 bits per heavy atom. The SMILES string of the molecule is CC[C@H](C)[C@H](NC(=O)[C@H](CCSC)NC(=O)[C@H](CCC(N)=O)NC(=O)[C@H](CCCCN)NC(=O)[C@@H](NC(=O)[C@H](CCCN=C(N)N)NC(=O)[C@H](CS)NC(=O)[C@@H]1CCCN1C(=O)[C@@H](N)CC(C)C)[C@@H](C)CC)C(=O)N[C@@H](Cc1c[nH]c2ccccc12)C(=O)O.